The summed E-state index contributed by atoms with van der Waals surface area (Å²) in [4.78, 5) is 43.7. The van der Waals surface area contributed by atoms with Gasteiger partial charge in [0, 0.05) is 29.5 Å². The van der Waals surface area contributed by atoms with Crippen LogP contribution >= 0.6 is 0 Å². The van der Waals surface area contributed by atoms with Crippen LogP contribution < -0.4 is 30.8 Å². The third-order valence-electron chi connectivity index (χ3n) is 8.05. The topological polar surface area (TPSA) is 151 Å². The van der Waals surface area contributed by atoms with E-state index in [0.29, 0.717) is 57.8 Å². The Morgan fingerprint density at radius 3 is 2.42 bits per heavy atom. The van der Waals surface area contributed by atoms with Crippen LogP contribution in [0.5, 0.6) is 23.0 Å². The minimum absolute atomic E-state index is 0.124. The van der Waals surface area contributed by atoms with Gasteiger partial charge in [-0.1, -0.05) is 0 Å². The lowest BCUT2D eigenvalue weighted by Gasteiger charge is -2.31. The van der Waals surface area contributed by atoms with Gasteiger partial charge in [-0.25, -0.2) is 4.39 Å². The molecule has 2 aromatic heterocycles. The molecular formula is C35H33FN6O6. The van der Waals surface area contributed by atoms with Gasteiger partial charge >= 0.3 is 0 Å². The Bertz CT molecular complexity index is 1990. The summed E-state index contributed by atoms with van der Waals surface area (Å²) < 4.78 is 32.4. The number of methoxy groups -OCH3 is 1. The number of likely N-dealkylation sites (tertiary alicyclic amines) is 1. The molecule has 0 aliphatic carbocycles. The van der Waals surface area contributed by atoms with Crippen molar-refractivity contribution in [1.29, 1.82) is 0 Å². The van der Waals surface area contributed by atoms with Crippen molar-refractivity contribution in [2.24, 2.45) is 11.7 Å². The van der Waals surface area contributed by atoms with Crippen molar-refractivity contribution in [2.45, 2.75) is 12.8 Å². The van der Waals surface area contributed by atoms with Gasteiger partial charge in [-0.3, -0.25) is 24.3 Å². The van der Waals surface area contributed by atoms with Crippen LogP contribution in [-0.4, -0.2) is 64.8 Å². The van der Waals surface area contributed by atoms with E-state index in [1.54, 1.807) is 43.6 Å². The Morgan fingerprint density at radius 1 is 0.958 bits per heavy atom. The number of piperidine rings is 1. The number of pyridine rings is 1. The lowest BCUT2D eigenvalue weighted by molar-refractivity contribution is -0.119. The molecule has 0 unspecified atom stereocenters. The third kappa shape index (κ3) is 7.42. The number of hydrogen-bond acceptors (Lipinski definition) is 9. The molecule has 0 saturated carbocycles. The molecule has 3 aromatic carbocycles. The third-order valence-corrected chi connectivity index (χ3v) is 8.05. The van der Waals surface area contributed by atoms with Crippen LogP contribution in [0, 0.1) is 11.7 Å². The van der Waals surface area contributed by atoms with Crippen LogP contribution in [0.25, 0.3) is 16.6 Å². The van der Waals surface area contributed by atoms with E-state index in [9.17, 15) is 18.8 Å². The number of amides is 2. The molecule has 0 radical (unpaired) electrons. The molecule has 2 amide bonds. The first-order valence-corrected chi connectivity index (χ1v) is 15.3. The number of hydrogen-bond donors (Lipinski definition) is 2. The first kappa shape index (κ1) is 32.1. The molecule has 3 N–H and O–H groups in total. The van der Waals surface area contributed by atoms with E-state index in [4.69, 9.17) is 19.9 Å². The van der Waals surface area contributed by atoms with Gasteiger partial charge in [0.05, 0.1) is 31.5 Å². The molecule has 0 atom stereocenters. The lowest BCUT2D eigenvalue weighted by atomic mass is 9.98. The van der Waals surface area contributed by atoms with Gasteiger partial charge in [0.25, 0.3) is 11.5 Å². The summed E-state index contributed by atoms with van der Waals surface area (Å²) in [6.45, 7) is 2.38. The van der Waals surface area contributed by atoms with Crippen LogP contribution in [0.1, 0.15) is 23.2 Å². The average Bonchev–Trinajstić information content (AvgIpc) is 3.09. The zero-order valence-electron chi connectivity index (χ0n) is 26.1. The second kappa shape index (κ2) is 14.3. The minimum atomic E-state index is -0.641. The smallest absolute Gasteiger partial charge is 0.284 e. The van der Waals surface area contributed by atoms with Gasteiger partial charge in [0.1, 0.15) is 22.9 Å². The summed E-state index contributed by atoms with van der Waals surface area (Å²) in [7, 11) is 1.57. The number of benzene rings is 3. The van der Waals surface area contributed by atoms with E-state index in [1.165, 1.54) is 36.5 Å². The number of nitrogens with two attached hydrogens (primary N) is 1. The lowest BCUT2D eigenvalue weighted by Crippen LogP contribution is -2.40. The van der Waals surface area contributed by atoms with E-state index in [-0.39, 0.29) is 18.0 Å². The van der Waals surface area contributed by atoms with Crippen molar-refractivity contribution >= 4 is 28.4 Å². The Hall–Kier alpha value is -5.82. The predicted octanol–water partition coefficient (Wildman–Crippen LogP) is 4.55. The molecule has 6 rings (SSSR count). The molecule has 246 valence electrons. The van der Waals surface area contributed by atoms with E-state index in [2.05, 4.69) is 20.3 Å². The van der Waals surface area contributed by atoms with Crippen molar-refractivity contribution < 1.29 is 28.2 Å². The number of carbonyl (C=O) groups is 2. The fourth-order valence-electron chi connectivity index (χ4n) is 5.51. The molecular weight excluding hydrogens is 619 g/mol. The van der Waals surface area contributed by atoms with Gasteiger partial charge in [0.2, 0.25) is 5.91 Å². The Kier molecular flexibility index (Phi) is 9.57. The number of anilines is 1. The number of primary amides is 1. The maximum absolute atomic E-state index is 13.3. The quantitative estimate of drug-likeness (QED) is 0.209. The second-order valence-electron chi connectivity index (χ2n) is 11.3. The van der Waals surface area contributed by atoms with Crippen molar-refractivity contribution in [1.82, 2.24) is 19.7 Å². The minimum Gasteiger partial charge on any atom is -0.493 e. The first-order valence-electron chi connectivity index (χ1n) is 15.3. The van der Waals surface area contributed by atoms with Gasteiger partial charge < -0.3 is 25.3 Å². The highest BCUT2D eigenvalue weighted by atomic mass is 19.1. The van der Waals surface area contributed by atoms with Crippen LogP contribution in [0.3, 0.4) is 0 Å². The van der Waals surface area contributed by atoms with E-state index in [0.717, 1.165) is 30.6 Å². The number of nitrogens with one attached hydrogen (secondary N) is 1. The van der Waals surface area contributed by atoms with Gasteiger partial charge in [-0.15, -0.1) is 0 Å². The molecule has 1 aliphatic heterocycles. The molecule has 5 aromatic rings. The van der Waals surface area contributed by atoms with Gasteiger partial charge in [-0.2, -0.15) is 9.78 Å². The van der Waals surface area contributed by atoms with E-state index < -0.39 is 17.3 Å². The molecule has 0 bridgehead atoms. The molecule has 3 heterocycles. The Labute approximate surface area is 274 Å². The zero-order chi connectivity index (χ0) is 33.6. The Morgan fingerprint density at radius 2 is 1.71 bits per heavy atom. The summed E-state index contributed by atoms with van der Waals surface area (Å²) in [5.74, 6) is 1.12. The highest BCUT2D eigenvalue weighted by Crippen LogP contribution is 2.37. The first-order chi connectivity index (χ1) is 23.3. The Balaban J connectivity index is 1.11. The molecule has 13 heteroatoms. The van der Waals surface area contributed by atoms with E-state index >= 15 is 0 Å². The van der Waals surface area contributed by atoms with E-state index in [1.807, 2.05) is 12.1 Å². The average molecular weight is 653 g/mol. The maximum Gasteiger partial charge on any atom is 0.284 e. The monoisotopic (exact) mass is 652 g/mol. The van der Waals surface area contributed by atoms with Gasteiger partial charge in [-0.05, 0) is 98.6 Å². The number of halogens is 1. The molecule has 1 fully saturated rings. The molecule has 1 saturated heterocycles. The normalized spacial score (nSPS) is 13.6. The SMILES string of the molecule is COc1cc2c(Oc3ccc(NC(=O)c4ccnn(-c5ccc(F)cc5)c4=O)cc3)ccnc2cc1OCC1CCN(CC(N)=O)CC1. The van der Waals surface area contributed by atoms with Crippen molar-refractivity contribution in [3.63, 3.8) is 0 Å². The summed E-state index contributed by atoms with van der Waals surface area (Å²) in [6.07, 6.45) is 4.79. The number of carbonyl (C=O) groups excluding carboxylic acids is 2. The number of rotatable bonds is 11. The predicted molar refractivity (Wildman–Crippen MR) is 176 cm³/mol. The summed E-state index contributed by atoms with van der Waals surface area (Å²) >= 11 is 0. The molecule has 0 spiro atoms. The number of ether oxygens (including phenoxy) is 3. The molecule has 1 aliphatic rings. The standard InChI is InChI=1S/C35H33FN6O6/c1-46-31-18-28-29(19-32(31)47-21-22-12-16-41(17-13-22)20-33(37)43)38-14-11-30(28)48-26-8-4-24(5-9-26)40-34(44)27-10-15-39-42(35(27)45)25-6-2-23(36)3-7-25/h2-11,14-15,18-19,22H,12-13,16-17,20-21H2,1H3,(H2,37,43)(H,40,44). The molecule has 12 nitrogen and oxygen atoms in total. The second-order valence-corrected chi connectivity index (χ2v) is 11.3. The van der Waals surface area contributed by atoms with Crippen LogP contribution in [0.4, 0.5) is 10.1 Å². The fourth-order valence-corrected chi connectivity index (χ4v) is 5.51. The number of aromatic nitrogens is 3. The van der Waals surface area contributed by atoms with Gasteiger partial charge in [0.15, 0.2) is 11.5 Å². The van der Waals surface area contributed by atoms with Crippen LogP contribution in [-0.2, 0) is 4.79 Å². The highest BCUT2D eigenvalue weighted by molar-refractivity contribution is 6.04. The maximum atomic E-state index is 13.3. The van der Waals surface area contributed by atoms with Crippen LogP contribution in [0.15, 0.2) is 90.0 Å². The summed E-state index contributed by atoms with van der Waals surface area (Å²) in [6, 6.07) is 18.6. The van der Waals surface area contributed by atoms with Crippen molar-refractivity contribution in [3.05, 3.63) is 107 Å². The van der Waals surface area contributed by atoms with Crippen molar-refractivity contribution in [2.75, 3.05) is 38.7 Å². The summed E-state index contributed by atoms with van der Waals surface area (Å²) in [5, 5.41) is 7.44. The van der Waals surface area contributed by atoms with Crippen LogP contribution in [0.2, 0.25) is 0 Å². The number of nitrogens with zero attached hydrogens (tertiary/aromatic N) is 4. The van der Waals surface area contributed by atoms with Crippen molar-refractivity contribution in [3.8, 4) is 28.7 Å². The largest absolute Gasteiger partial charge is 0.493 e. The zero-order valence-corrected chi connectivity index (χ0v) is 26.1. The number of fused-ring (bicyclic) bond motifs is 1. The fraction of sp³-hybridized carbons (Fsp3) is 0.229. The summed E-state index contributed by atoms with van der Waals surface area (Å²) in [5.41, 5.74) is 5.99. The highest BCUT2D eigenvalue weighted by Gasteiger charge is 2.22. The molecule has 48 heavy (non-hydrogen) atoms.